The number of nitrogens with zero attached hydrogens (tertiary/aromatic N) is 1. The SMILES string of the molecule is CC(C)NC(C)(CO)CCCCN(C)C(C)C(C)(C)C. The van der Waals surface area contributed by atoms with Crippen molar-refractivity contribution >= 4 is 0 Å². The van der Waals surface area contributed by atoms with E-state index in [0.29, 0.717) is 17.5 Å². The van der Waals surface area contributed by atoms with Crippen molar-refractivity contribution in [2.45, 2.75) is 85.4 Å². The van der Waals surface area contributed by atoms with E-state index in [1.807, 2.05) is 0 Å². The second-order valence-electron chi connectivity index (χ2n) is 8.00. The van der Waals surface area contributed by atoms with Crippen molar-refractivity contribution in [3.8, 4) is 0 Å². The molecule has 0 fully saturated rings. The third-order valence-electron chi connectivity index (χ3n) is 4.39. The van der Waals surface area contributed by atoms with Crippen LogP contribution >= 0.6 is 0 Å². The van der Waals surface area contributed by atoms with Gasteiger partial charge in [-0.1, -0.05) is 41.0 Å². The van der Waals surface area contributed by atoms with Gasteiger partial charge in [0.05, 0.1) is 6.61 Å². The van der Waals surface area contributed by atoms with Crippen LogP contribution in [-0.4, -0.2) is 47.8 Å². The third-order valence-corrected chi connectivity index (χ3v) is 4.39. The summed E-state index contributed by atoms with van der Waals surface area (Å²) in [4.78, 5) is 2.45. The summed E-state index contributed by atoms with van der Waals surface area (Å²) in [7, 11) is 2.22. The van der Waals surface area contributed by atoms with Crippen molar-refractivity contribution in [2.24, 2.45) is 5.41 Å². The molecule has 0 aromatic rings. The van der Waals surface area contributed by atoms with E-state index in [1.54, 1.807) is 0 Å². The van der Waals surface area contributed by atoms with Crippen molar-refractivity contribution in [2.75, 3.05) is 20.2 Å². The quantitative estimate of drug-likeness (QED) is 0.639. The molecule has 122 valence electrons. The first-order valence-corrected chi connectivity index (χ1v) is 8.10. The molecule has 2 unspecified atom stereocenters. The second kappa shape index (κ2) is 8.35. The van der Waals surface area contributed by atoms with Crippen LogP contribution in [0, 0.1) is 5.41 Å². The lowest BCUT2D eigenvalue weighted by atomic mass is 9.87. The van der Waals surface area contributed by atoms with Gasteiger partial charge in [0.2, 0.25) is 0 Å². The Morgan fingerprint density at radius 1 is 1.05 bits per heavy atom. The zero-order chi connectivity index (χ0) is 16.0. The molecule has 0 aliphatic heterocycles. The Balaban J connectivity index is 4.07. The lowest BCUT2D eigenvalue weighted by Gasteiger charge is -2.36. The average molecular weight is 287 g/mol. The molecule has 0 spiro atoms. The van der Waals surface area contributed by atoms with Crippen molar-refractivity contribution in [1.29, 1.82) is 0 Å². The third kappa shape index (κ3) is 7.61. The van der Waals surface area contributed by atoms with Crippen LogP contribution in [0.15, 0.2) is 0 Å². The lowest BCUT2D eigenvalue weighted by Crippen LogP contribution is -2.49. The summed E-state index contributed by atoms with van der Waals surface area (Å²) in [6, 6.07) is 0.997. The van der Waals surface area contributed by atoms with Gasteiger partial charge in [-0.3, -0.25) is 0 Å². The number of aliphatic hydroxyl groups excluding tert-OH is 1. The lowest BCUT2D eigenvalue weighted by molar-refractivity contribution is 0.131. The minimum atomic E-state index is -0.137. The highest BCUT2D eigenvalue weighted by Crippen LogP contribution is 2.23. The number of hydrogen-bond acceptors (Lipinski definition) is 3. The molecule has 0 saturated heterocycles. The Labute approximate surface area is 127 Å². The molecule has 0 aromatic carbocycles. The molecule has 2 N–H and O–H groups in total. The molecule has 0 amide bonds. The van der Waals surface area contributed by atoms with E-state index < -0.39 is 0 Å². The minimum absolute atomic E-state index is 0.137. The summed E-state index contributed by atoms with van der Waals surface area (Å²) < 4.78 is 0. The van der Waals surface area contributed by atoms with E-state index in [0.717, 1.165) is 19.4 Å². The predicted octanol–water partition coefficient (Wildman–Crippen LogP) is 3.27. The molecule has 2 atom stereocenters. The molecule has 0 aliphatic rings. The summed E-state index contributed by atoms with van der Waals surface area (Å²) >= 11 is 0. The van der Waals surface area contributed by atoms with Gasteiger partial charge in [-0.2, -0.15) is 0 Å². The highest BCUT2D eigenvalue weighted by Gasteiger charge is 2.25. The van der Waals surface area contributed by atoms with Crippen LogP contribution in [0.2, 0.25) is 0 Å². The molecule has 20 heavy (non-hydrogen) atoms. The van der Waals surface area contributed by atoms with Gasteiger partial charge in [-0.15, -0.1) is 0 Å². The van der Waals surface area contributed by atoms with Gasteiger partial charge in [0.25, 0.3) is 0 Å². The Morgan fingerprint density at radius 3 is 2.00 bits per heavy atom. The monoisotopic (exact) mass is 286 g/mol. The van der Waals surface area contributed by atoms with E-state index in [1.165, 1.54) is 6.42 Å². The van der Waals surface area contributed by atoms with E-state index >= 15 is 0 Å². The highest BCUT2D eigenvalue weighted by molar-refractivity contribution is 4.84. The van der Waals surface area contributed by atoms with Crippen molar-refractivity contribution in [1.82, 2.24) is 10.2 Å². The molecular weight excluding hydrogens is 248 g/mol. The van der Waals surface area contributed by atoms with Crippen LogP contribution in [-0.2, 0) is 0 Å². The molecule has 3 heteroatoms. The summed E-state index contributed by atoms with van der Waals surface area (Å²) in [5.41, 5.74) is 0.190. The van der Waals surface area contributed by atoms with Gasteiger partial charge in [0, 0.05) is 17.6 Å². The fourth-order valence-corrected chi connectivity index (χ4v) is 2.62. The number of aliphatic hydroxyl groups is 1. The van der Waals surface area contributed by atoms with Gasteiger partial charge in [-0.25, -0.2) is 0 Å². The predicted molar refractivity (Wildman–Crippen MR) is 89.2 cm³/mol. The Bertz CT molecular complexity index is 260. The van der Waals surface area contributed by atoms with E-state index in [4.69, 9.17) is 0 Å². The maximum absolute atomic E-state index is 9.56. The van der Waals surface area contributed by atoms with Crippen LogP contribution in [0.3, 0.4) is 0 Å². The van der Waals surface area contributed by atoms with Crippen molar-refractivity contribution in [3.05, 3.63) is 0 Å². The summed E-state index contributed by atoms with van der Waals surface area (Å²) in [6.45, 7) is 16.9. The Morgan fingerprint density at radius 2 is 1.60 bits per heavy atom. The van der Waals surface area contributed by atoms with Crippen molar-refractivity contribution < 1.29 is 5.11 Å². The smallest absolute Gasteiger partial charge is 0.0610 e. The van der Waals surface area contributed by atoms with E-state index in [-0.39, 0.29) is 12.1 Å². The van der Waals surface area contributed by atoms with Crippen LogP contribution in [0.4, 0.5) is 0 Å². The van der Waals surface area contributed by atoms with Gasteiger partial charge < -0.3 is 15.3 Å². The number of rotatable bonds is 9. The van der Waals surface area contributed by atoms with Gasteiger partial charge in [0.15, 0.2) is 0 Å². The zero-order valence-electron chi connectivity index (χ0n) is 15.1. The number of hydrogen-bond donors (Lipinski definition) is 2. The highest BCUT2D eigenvalue weighted by atomic mass is 16.3. The Kier molecular flexibility index (Phi) is 8.30. The van der Waals surface area contributed by atoms with Crippen LogP contribution < -0.4 is 5.32 Å². The molecule has 0 rings (SSSR count). The number of unbranched alkanes of at least 4 members (excludes halogenated alkanes) is 1. The fraction of sp³-hybridized carbons (Fsp3) is 1.00. The summed E-state index contributed by atoms with van der Waals surface area (Å²) in [5.74, 6) is 0. The standard InChI is InChI=1S/C17H38N2O/c1-14(2)18-17(7,13-20)11-9-10-12-19(8)15(3)16(4,5)6/h14-15,18,20H,9-13H2,1-8H3. The van der Waals surface area contributed by atoms with E-state index in [9.17, 15) is 5.11 Å². The first-order chi connectivity index (χ1) is 9.02. The fourth-order valence-electron chi connectivity index (χ4n) is 2.62. The van der Waals surface area contributed by atoms with Crippen LogP contribution in [0.25, 0.3) is 0 Å². The maximum atomic E-state index is 9.56. The summed E-state index contributed by atoms with van der Waals surface area (Å²) in [5, 5.41) is 13.0. The molecule has 0 radical (unpaired) electrons. The van der Waals surface area contributed by atoms with Gasteiger partial charge in [0.1, 0.15) is 0 Å². The largest absolute Gasteiger partial charge is 0.394 e. The molecule has 0 aromatic heterocycles. The average Bonchev–Trinajstić information content (AvgIpc) is 2.31. The maximum Gasteiger partial charge on any atom is 0.0610 e. The molecule has 3 nitrogen and oxygen atoms in total. The van der Waals surface area contributed by atoms with Crippen LogP contribution in [0.1, 0.15) is 67.7 Å². The normalized spacial score (nSPS) is 17.6. The molecule has 0 heterocycles. The molecule has 0 aliphatic carbocycles. The van der Waals surface area contributed by atoms with Gasteiger partial charge >= 0.3 is 0 Å². The second-order valence-corrected chi connectivity index (χ2v) is 8.00. The summed E-state index contributed by atoms with van der Waals surface area (Å²) in [6.07, 6.45) is 3.36. The molecular formula is C17H38N2O. The first-order valence-electron chi connectivity index (χ1n) is 8.10. The first kappa shape index (κ1) is 19.9. The minimum Gasteiger partial charge on any atom is -0.394 e. The van der Waals surface area contributed by atoms with E-state index in [2.05, 4.69) is 65.7 Å². The van der Waals surface area contributed by atoms with Crippen LogP contribution in [0.5, 0.6) is 0 Å². The van der Waals surface area contributed by atoms with Gasteiger partial charge in [-0.05, 0) is 45.7 Å². The molecule has 0 saturated carbocycles. The molecule has 0 bridgehead atoms. The Hall–Kier alpha value is -0.120. The van der Waals surface area contributed by atoms with Crippen molar-refractivity contribution in [3.63, 3.8) is 0 Å². The topological polar surface area (TPSA) is 35.5 Å². The zero-order valence-corrected chi connectivity index (χ0v) is 15.1. The number of nitrogens with one attached hydrogen (secondary N) is 1.